The van der Waals surface area contributed by atoms with Gasteiger partial charge in [0.05, 0.1) is 0 Å². The summed E-state index contributed by atoms with van der Waals surface area (Å²) in [5, 5.41) is 3.32. The van der Waals surface area contributed by atoms with Crippen molar-refractivity contribution in [1.29, 1.82) is 0 Å². The molecule has 0 aromatic heterocycles. The minimum atomic E-state index is 0.889. The Balaban J connectivity index is 2.40. The average molecular weight is 139 g/mol. The van der Waals surface area contributed by atoms with Crippen LogP contribution in [0.5, 0.6) is 0 Å². The lowest BCUT2D eigenvalue weighted by molar-refractivity contribution is 0.459. The Bertz CT molecular complexity index is 127. The van der Waals surface area contributed by atoms with Gasteiger partial charge in [-0.05, 0) is 25.0 Å². The molecule has 1 heterocycles. The Labute approximate surface area is 63.5 Å². The fraction of sp³-hybridized carbons (Fsp3) is 0.778. The van der Waals surface area contributed by atoms with Crippen LogP contribution in [-0.2, 0) is 0 Å². The number of hydrogen-bond donors (Lipinski definition) is 1. The van der Waals surface area contributed by atoms with Gasteiger partial charge in [0.25, 0.3) is 0 Å². The second-order valence-corrected chi connectivity index (χ2v) is 3.04. The highest BCUT2D eigenvalue weighted by molar-refractivity contribution is 5.04. The molecular weight excluding hydrogens is 122 g/mol. The van der Waals surface area contributed by atoms with Crippen molar-refractivity contribution in [3.8, 4) is 0 Å². The molecule has 0 aromatic rings. The summed E-state index contributed by atoms with van der Waals surface area (Å²) in [5.74, 6) is 0.889. The molecule has 58 valence electrons. The standard InChI is InChI=1S/C9H17N/c1-3-8-5-9(4-2)7-10-6-8/h6,9-10H,3-5,7H2,1-2H3/t9-/m0/s1. The van der Waals surface area contributed by atoms with Gasteiger partial charge in [-0.25, -0.2) is 0 Å². The van der Waals surface area contributed by atoms with Crippen LogP contribution in [0.4, 0.5) is 0 Å². The Morgan fingerprint density at radius 1 is 1.60 bits per heavy atom. The molecule has 10 heavy (non-hydrogen) atoms. The van der Waals surface area contributed by atoms with Crippen molar-refractivity contribution in [2.45, 2.75) is 33.1 Å². The molecule has 0 fully saturated rings. The highest BCUT2D eigenvalue weighted by atomic mass is 14.8. The predicted octanol–water partition coefficient (Wildman–Crippen LogP) is 2.30. The van der Waals surface area contributed by atoms with Crippen LogP contribution in [0.25, 0.3) is 0 Å². The third-order valence-electron chi connectivity index (χ3n) is 2.30. The van der Waals surface area contributed by atoms with Gasteiger partial charge in [-0.1, -0.05) is 25.8 Å². The Hall–Kier alpha value is -0.460. The molecule has 1 nitrogen and oxygen atoms in total. The zero-order valence-corrected chi connectivity index (χ0v) is 6.98. The van der Waals surface area contributed by atoms with Crippen molar-refractivity contribution in [1.82, 2.24) is 5.32 Å². The summed E-state index contributed by atoms with van der Waals surface area (Å²) in [6.45, 7) is 5.68. The highest BCUT2D eigenvalue weighted by Gasteiger charge is 2.11. The van der Waals surface area contributed by atoms with Crippen molar-refractivity contribution in [3.63, 3.8) is 0 Å². The fourth-order valence-electron chi connectivity index (χ4n) is 1.41. The van der Waals surface area contributed by atoms with Crippen LogP contribution in [0.3, 0.4) is 0 Å². The van der Waals surface area contributed by atoms with Crippen LogP contribution in [0, 0.1) is 5.92 Å². The minimum absolute atomic E-state index is 0.889. The zero-order chi connectivity index (χ0) is 7.40. The van der Waals surface area contributed by atoms with E-state index in [0.29, 0.717) is 0 Å². The molecule has 1 rings (SSSR count). The second-order valence-electron chi connectivity index (χ2n) is 3.04. The maximum Gasteiger partial charge on any atom is 0.0172 e. The molecule has 0 unspecified atom stereocenters. The molecule has 1 aliphatic rings. The summed E-state index contributed by atoms with van der Waals surface area (Å²) in [6.07, 6.45) is 6.03. The van der Waals surface area contributed by atoms with E-state index in [1.165, 1.54) is 25.8 Å². The average Bonchev–Trinajstić information content (AvgIpc) is 2.05. The zero-order valence-electron chi connectivity index (χ0n) is 6.98. The van der Waals surface area contributed by atoms with E-state index in [1.807, 2.05) is 0 Å². The van der Waals surface area contributed by atoms with Crippen LogP contribution in [0.2, 0.25) is 0 Å². The first-order valence-corrected chi connectivity index (χ1v) is 4.28. The molecule has 1 N–H and O–H groups in total. The quantitative estimate of drug-likeness (QED) is 0.619. The monoisotopic (exact) mass is 139 g/mol. The van der Waals surface area contributed by atoms with Gasteiger partial charge in [0, 0.05) is 6.54 Å². The largest absolute Gasteiger partial charge is 0.391 e. The van der Waals surface area contributed by atoms with Gasteiger partial charge in [0.15, 0.2) is 0 Å². The fourth-order valence-corrected chi connectivity index (χ4v) is 1.41. The van der Waals surface area contributed by atoms with Crippen molar-refractivity contribution >= 4 is 0 Å². The number of hydrogen-bond acceptors (Lipinski definition) is 1. The maximum absolute atomic E-state index is 3.32. The summed E-state index contributed by atoms with van der Waals surface area (Å²) < 4.78 is 0. The van der Waals surface area contributed by atoms with Gasteiger partial charge in [0.2, 0.25) is 0 Å². The van der Waals surface area contributed by atoms with E-state index < -0.39 is 0 Å². The molecule has 1 aliphatic heterocycles. The molecule has 0 saturated carbocycles. The molecule has 0 aliphatic carbocycles. The number of allylic oxidation sites excluding steroid dienone is 1. The van der Waals surface area contributed by atoms with E-state index in [4.69, 9.17) is 0 Å². The molecule has 0 spiro atoms. The summed E-state index contributed by atoms with van der Waals surface area (Å²) in [5.41, 5.74) is 1.58. The Morgan fingerprint density at radius 3 is 3.00 bits per heavy atom. The van der Waals surface area contributed by atoms with Crippen molar-refractivity contribution in [2.75, 3.05) is 6.54 Å². The van der Waals surface area contributed by atoms with E-state index in [9.17, 15) is 0 Å². The lowest BCUT2D eigenvalue weighted by Crippen LogP contribution is -2.23. The first kappa shape index (κ1) is 7.64. The van der Waals surface area contributed by atoms with Gasteiger partial charge >= 0.3 is 0 Å². The Kier molecular flexibility index (Phi) is 2.79. The molecule has 0 bridgehead atoms. The lowest BCUT2D eigenvalue weighted by atomic mass is 9.94. The summed E-state index contributed by atoms with van der Waals surface area (Å²) >= 11 is 0. The topological polar surface area (TPSA) is 12.0 Å². The first-order chi connectivity index (χ1) is 4.86. The second kappa shape index (κ2) is 3.65. The summed E-state index contributed by atoms with van der Waals surface area (Å²) in [6, 6.07) is 0. The van der Waals surface area contributed by atoms with E-state index in [-0.39, 0.29) is 0 Å². The number of nitrogens with one attached hydrogen (secondary N) is 1. The molecule has 0 saturated heterocycles. The van der Waals surface area contributed by atoms with Gasteiger partial charge < -0.3 is 5.32 Å². The summed E-state index contributed by atoms with van der Waals surface area (Å²) in [4.78, 5) is 0. The van der Waals surface area contributed by atoms with E-state index in [0.717, 1.165) is 5.92 Å². The van der Waals surface area contributed by atoms with Crippen LogP contribution < -0.4 is 5.32 Å². The lowest BCUT2D eigenvalue weighted by Gasteiger charge is -2.21. The maximum atomic E-state index is 3.32. The molecular formula is C9H17N. The summed E-state index contributed by atoms with van der Waals surface area (Å²) in [7, 11) is 0. The van der Waals surface area contributed by atoms with Crippen LogP contribution in [0.15, 0.2) is 11.8 Å². The van der Waals surface area contributed by atoms with Crippen molar-refractivity contribution < 1.29 is 0 Å². The molecule has 1 heteroatoms. The van der Waals surface area contributed by atoms with E-state index >= 15 is 0 Å². The van der Waals surface area contributed by atoms with Gasteiger partial charge in [0.1, 0.15) is 0 Å². The normalized spacial score (nSPS) is 25.4. The minimum Gasteiger partial charge on any atom is -0.391 e. The number of rotatable bonds is 2. The van der Waals surface area contributed by atoms with Gasteiger partial charge in [-0.15, -0.1) is 0 Å². The SMILES string of the molecule is CCC1=CNC[C@@H](CC)C1. The van der Waals surface area contributed by atoms with E-state index in [1.54, 1.807) is 5.57 Å². The van der Waals surface area contributed by atoms with Crippen LogP contribution >= 0.6 is 0 Å². The third kappa shape index (κ3) is 1.76. The smallest absolute Gasteiger partial charge is 0.0172 e. The predicted molar refractivity (Wildman–Crippen MR) is 44.8 cm³/mol. The Morgan fingerprint density at radius 2 is 2.40 bits per heavy atom. The van der Waals surface area contributed by atoms with E-state index in [2.05, 4.69) is 25.4 Å². The highest BCUT2D eigenvalue weighted by Crippen LogP contribution is 2.19. The van der Waals surface area contributed by atoms with Gasteiger partial charge in [-0.3, -0.25) is 0 Å². The molecule has 1 atom stereocenters. The third-order valence-corrected chi connectivity index (χ3v) is 2.30. The van der Waals surface area contributed by atoms with Crippen molar-refractivity contribution in [3.05, 3.63) is 11.8 Å². The molecule has 0 radical (unpaired) electrons. The van der Waals surface area contributed by atoms with Gasteiger partial charge in [-0.2, -0.15) is 0 Å². The van der Waals surface area contributed by atoms with Crippen molar-refractivity contribution in [2.24, 2.45) is 5.92 Å². The van der Waals surface area contributed by atoms with Crippen LogP contribution in [-0.4, -0.2) is 6.54 Å². The van der Waals surface area contributed by atoms with Crippen LogP contribution in [0.1, 0.15) is 33.1 Å². The molecule has 0 amide bonds. The first-order valence-electron chi connectivity index (χ1n) is 4.28. The molecule has 0 aromatic carbocycles.